The third-order valence-electron chi connectivity index (χ3n) is 13.5. The summed E-state index contributed by atoms with van der Waals surface area (Å²) in [6.07, 6.45) is 6.72. The summed E-state index contributed by atoms with van der Waals surface area (Å²) in [6.45, 7) is 7.77. The van der Waals surface area contributed by atoms with Crippen LogP contribution in [0, 0.1) is 35.5 Å². The van der Waals surface area contributed by atoms with Crippen molar-refractivity contribution in [1.82, 2.24) is 40.0 Å². The molecule has 2 aromatic carbocycles. The number of alkyl carbamates (subject to hydrolysis) is 1. The van der Waals surface area contributed by atoms with Crippen molar-refractivity contribution in [1.29, 1.82) is 0 Å². The normalized spacial score (nSPS) is 28.3. The molecule has 9 rings (SSSR count). The van der Waals surface area contributed by atoms with Crippen LogP contribution in [0.25, 0.3) is 22.0 Å². The molecule has 0 bridgehead atoms. The second-order valence-electron chi connectivity index (χ2n) is 18.2. The quantitative estimate of drug-likeness (QED) is 0.142. The van der Waals surface area contributed by atoms with Crippen LogP contribution in [0.2, 0.25) is 0 Å². The first-order chi connectivity index (χ1) is 29.3. The number of piperidine rings is 2. The molecule has 0 radical (unpaired) electrons. The fourth-order valence-corrected chi connectivity index (χ4v) is 10.5. The number of ether oxygens (including phenoxy) is 2. The van der Waals surface area contributed by atoms with E-state index in [-0.39, 0.29) is 60.0 Å². The second kappa shape index (κ2) is 15.9. The Hall–Kier alpha value is -5.88. The molecular weight excluding hydrogens is 777 g/mol. The lowest BCUT2D eigenvalue weighted by molar-refractivity contribution is -0.140. The molecular formula is C46H54N8O7. The first-order valence-corrected chi connectivity index (χ1v) is 21.5. The molecule has 5 aliphatic rings. The number of hydrogen-bond donors (Lipinski definition) is 4. The number of carbonyl (C=O) groups is 4. The van der Waals surface area contributed by atoms with Crippen molar-refractivity contribution in [2.75, 3.05) is 14.2 Å². The predicted octanol–water partition coefficient (Wildman–Crippen LogP) is 6.24. The molecule has 15 nitrogen and oxygen atoms in total. The van der Waals surface area contributed by atoms with Crippen molar-refractivity contribution in [3.05, 3.63) is 71.7 Å². The number of likely N-dealkylation sites (tertiary alicyclic amines) is 2. The average molecular weight is 831 g/mol. The molecule has 2 saturated carbocycles. The number of methoxy groups -OCH3 is 1. The van der Waals surface area contributed by atoms with Crippen molar-refractivity contribution in [3.8, 4) is 23.1 Å². The van der Waals surface area contributed by atoms with Gasteiger partial charge in [0.15, 0.2) is 0 Å². The molecule has 4 aromatic rings. The Morgan fingerprint density at radius 1 is 0.852 bits per heavy atom. The Bertz CT molecular complexity index is 2420. The van der Waals surface area contributed by atoms with E-state index in [9.17, 15) is 24.3 Å². The van der Waals surface area contributed by atoms with Crippen molar-refractivity contribution >= 4 is 34.8 Å². The molecule has 5 fully saturated rings. The van der Waals surface area contributed by atoms with Gasteiger partial charge >= 0.3 is 12.2 Å². The number of likely N-dealkylation sites (N-methyl/N-ethyl adjacent to an activating group) is 1. The number of fused-ring (bicyclic) bond motifs is 3. The molecule has 3 saturated heterocycles. The van der Waals surface area contributed by atoms with E-state index in [4.69, 9.17) is 19.4 Å². The van der Waals surface area contributed by atoms with Gasteiger partial charge in [0.05, 0.1) is 37.1 Å². The van der Waals surface area contributed by atoms with Crippen LogP contribution in [-0.2, 0) is 19.1 Å². The number of nitrogens with one attached hydrogen (secondary N) is 3. The minimum Gasteiger partial charge on any atom is -0.465 e. The highest BCUT2D eigenvalue weighted by Gasteiger charge is 2.58. The van der Waals surface area contributed by atoms with Gasteiger partial charge in [0, 0.05) is 42.7 Å². The first-order valence-electron chi connectivity index (χ1n) is 21.5. The van der Waals surface area contributed by atoms with Crippen LogP contribution in [0.3, 0.4) is 0 Å². The number of nitrogens with zero attached hydrogens (tertiary/aromatic N) is 5. The zero-order chi connectivity index (χ0) is 42.9. The Morgan fingerprint density at radius 3 is 2.13 bits per heavy atom. The summed E-state index contributed by atoms with van der Waals surface area (Å²) in [5.74, 6) is 8.17. The maximum absolute atomic E-state index is 14.3. The summed E-state index contributed by atoms with van der Waals surface area (Å²) in [6, 6.07) is 10.5. The molecule has 320 valence electrons. The Labute approximate surface area is 354 Å². The highest BCUT2D eigenvalue weighted by molar-refractivity contribution is 5.89. The summed E-state index contributed by atoms with van der Waals surface area (Å²) < 4.78 is 10.9. The first kappa shape index (κ1) is 40.5. The molecule has 0 unspecified atom stereocenters. The van der Waals surface area contributed by atoms with Crippen molar-refractivity contribution in [2.24, 2.45) is 23.7 Å². The monoisotopic (exact) mass is 830 g/mol. The van der Waals surface area contributed by atoms with Gasteiger partial charge in [-0.05, 0) is 111 Å². The van der Waals surface area contributed by atoms with Crippen LogP contribution in [0.15, 0.2) is 48.8 Å². The molecule has 0 spiro atoms. The summed E-state index contributed by atoms with van der Waals surface area (Å²) in [7, 11) is 2.78. The van der Waals surface area contributed by atoms with Crippen LogP contribution >= 0.6 is 0 Å². The van der Waals surface area contributed by atoms with Crippen LogP contribution in [0.4, 0.5) is 9.59 Å². The van der Waals surface area contributed by atoms with Gasteiger partial charge in [-0.3, -0.25) is 14.5 Å². The summed E-state index contributed by atoms with van der Waals surface area (Å²) in [4.78, 5) is 73.9. The number of aromatic nitrogens is 4. The molecule has 5 heterocycles. The predicted molar refractivity (Wildman–Crippen MR) is 225 cm³/mol. The van der Waals surface area contributed by atoms with Crippen LogP contribution < -0.4 is 5.32 Å². The topological polar surface area (TPSA) is 186 Å². The number of amides is 4. The molecule has 4 N–H and O–H groups in total. The van der Waals surface area contributed by atoms with E-state index in [1.165, 1.54) is 14.2 Å². The van der Waals surface area contributed by atoms with Crippen molar-refractivity contribution in [2.45, 2.75) is 115 Å². The number of benzene rings is 2. The lowest BCUT2D eigenvalue weighted by atomic mass is 9.85. The van der Waals surface area contributed by atoms with E-state index in [2.05, 4.69) is 33.2 Å². The third-order valence-corrected chi connectivity index (χ3v) is 13.5. The van der Waals surface area contributed by atoms with E-state index in [0.717, 1.165) is 58.2 Å². The highest BCUT2D eigenvalue weighted by atomic mass is 16.5. The van der Waals surface area contributed by atoms with Gasteiger partial charge in [-0.15, -0.1) is 0 Å². The van der Waals surface area contributed by atoms with Gasteiger partial charge < -0.3 is 39.7 Å². The van der Waals surface area contributed by atoms with Gasteiger partial charge in [-0.25, -0.2) is 19.6 Å². The van der Waals surface area contributed by atoms with Gasteiger partial charge in [0.25, 0.3) is 0 Å². The largest absolute Gasteiger partial charge is 0.465 e. The molecule has 3 aliphatic heterocycles. The van der Waals surface area contributed by atoms with Gasteiger partial charge in [-0.2, -0.15) is 0 Å². The second-order valence-corrected chi connectivity index (χ2v) is 18.2. The Balaban J connectivity index is 0.885. The number of carboxylic acid groups (broad SMARTS) is 1. The fourth-order valence-electron chi connectivity index (χ4n) is 10.5. The van der Waals surface area contributed by atoms with Crippen LogP contribution in [-0.4, -0.2) is 114 Å². The van der Waals surface area contributed by atoms with Crippen LogP contribution in [0.5, 0.6) is 0 Å². The fraction of sp³-hybridized carbons (Fsp3) is 0.522. The molecule has 11 atom stereocenters. The van der Waals surface area contributed by atoms with Gasteiger partial charge in [-0.1, -0.05) is 38.0 Å². The molecule has 4 amide bonds. The molecule has 2 aromatic heterocycles. The van der Waals surface area contributed by atoms with Gasteiger partial charge in [0.1, 0.15) is 29.4 Å². The third kappa shape index (κ3) is 7.82. The molecule has 2 aliphatic carbocycles. The summed E-state index contributed by atoms with van der Waals surface area (Å²) in [5, 5.41) is 14.6. The minimum absolute atomic E-state index is 0.0191. The molecule has 61 heavy (non-hydrogen) atoms. The van der Waals surface area contributed by atoms with E-state index in [1.807, 2.05) is 74.0 Å². The zero-order valence-corrected chi connectivity index (χ0v) is 35.4. The van der Waals surface area contributed by atoms with E-state index >= 15 is 0 Å². The number of H-pyrrole nitrogens is 2. The minimum atomic E-state index is -1.12. The Morgan fingerprint density at radius 2 is 1.48 bits per heavy atom. The van der Waals surface area contributed by atoms with Crippen molar-refractivity contribution < 1.29 is 33.8 Å². The van der Waals surface area contributed by atoms with E-state index in [1.54, 1.807) is 6.20 Å². The summed E-state index contributed by atoms with van der Waals surface area (Å²) >= 11 is 0. The lowest BCUT2D eigenvalue weighted by Crippen LogP contribution is -2.55. The number of hydrogen-bond acceptors (Lipinski definition) is 8. The molecule has 15 heteroatoms. The SMILES string of the molecule is COC(=O)N[C@H](C(=O)N1[C@@H]2C[C@@H]2C[C@H]1c1nc(C#Cc2ccc3cc(-c4c[nH]c([C@@H]5C[C@H]6C[C@H]6N5C(=O)[C@H](C(C)C)N(C)C(=O)O)n4)ccc3c2)c[nH]1)[C@H]1C[C@@H](C)O[C@@H](C)C1. The lowest BCUT2D eigenvalue weighted by Gasteiger charge is -2.38. The highest BCUT2D eigenvalue weighted by Crippen LogP contribution is 2.54. The Kier molecular flexibility index (Phi) is 10.5. The van der Waals surface area contributed by atoms with E-state index < -0.39 is 24.3 Å². The summed E-state index contributed by atoms with van der Waals surface area (Å²) in [5.41, 5.74) is 3.12. The smallest absolute Gasteiger partial charge is 0.407 e. The number of carbonyl (C=O) groups excluding carboxylic acids is 3. The maximum atomic E-state index is 14.3. The number of imidazole rings is 2. The standard InChI is InChI=1S/C46H54N8O7/c1-23(2)40(52(5)46(58)59)44(56)54-36-18-31(36)20-38(54)42-48-22-34(50-42)29-11-10-27-15-26(7-9-28(27)16-29)8-12-33-21-47-41(49-33)37-19-30-17-35(30)53(37)43(55)39(51-45(57)60-6)32-13-24(3)61-25(4)14-32/h7,9-11,15-16,21-25,30-32,35-40H,13-14,17-20H2,1-6H3,(H,47,49)(H,48,50)(H,51,57)(H,58,59)/t24-,25+,30-,31-,32+,35-,36-,37+,38+,39+,40+/m1/s1. The number of aromatic amines is 2. The van der Waals surface area contributed by atoms with E-state index in [0.29, 0.717) is 42.0 Å². The van der Waals surface area contributed by atoms with Gasteiger partial charge in [0.2, 0.25) is 11.8 Å². The number of rotatable bonds is 9. The zero-order valence-electron chi connectivity index (χ0n) is 35.4. The van der Waals surface area contributed by atoms with Crippen LogP contribution in [0.1, 0.15) is 101 Å². The van der Waals surface area contributed by atoms with Crippen molar-refractivity contribution in [3.63, 3.8) is 0 Å². The average Bonchev–Trinajstić information content (AvgIpc) is 3.82. The maximum Gasteiger partial charge on any atom is 0.407 e.